The number of ether oxygens (including phenoxy) is 4. The van der Waals surface area contributed by atoms with E-state index in [0.717, 1.165) is 6.42 Å². The van der Waals surface area contributed by atoms with E-state index < -0.39 is 48.2 Å². The van der Waals surface area contributed by atoms with Gasteiger partial charge < -0.3 is 29.2 Å². The number of aliphatic hydroxyl groups excluding tert-OH is 1. The molecule has 0 spiro atoms. The highest BCUT2D eigenvalue weighted by molar-refractivity contribution is 5.75. The van der Waals surface area contributed by atoms with Crippen molar-refractivity contribution in [2.75, 3.05) is 0 Å². The summed E-state index contributed by atoms with van der Waals surface area (Å²) in [5, 5.41) is 21.7. The van der Waals surface area contributed by atoms with Gasteiger partial charge in [0.05, 0.1) is 12.5 Å². The minimum atomic E-state index is -3.23. The van der Waals surface area contributed by atoms with Crippen LogP contribution in [0.4, 0.5) is 0 Å². The molecule has 2 fully saturated rings. The summed E-state index contributed by atoms with van der Waals surface area (Å²) >= 11 is 0. The molecular weight excluding hydrogens is 400 g/mol. The summed E-state index contributed by atoms with van der Waals surface area (Å²) in [6.07, 6.45) is 0.571. The normalized spacial score (nSPS) is 23.7. The van der Waals surface area contributed by atoms with Crippen molar-refractivity contribution in [3.63, 3.8) is 0 Å². The van der Waals surface area contributed by atoms with Gasteiger partial charge in [-0.3, -0.25) is 19.2 Å². The molecule has 2 saturated heterocycles. The molecule has 10 heteroatoms. The number of rotatable bonds is 6. The summed E-state index contributed by atoms with van der Waals surface area (Å²) in [5.41, 5.74) is 0. The molecule has 2 heterocycles. The molecule has 1 atom stereocenters. The first-order valence-corrected chi connectivity index (χ1v) is 10.5. The zero-order valence-electron chi connectivity index (χ0n) is 17.2. The maximum Gasteiger partial charge on any atom is 0.456 e. The molecule has 0 bridgehead atoms. The highest BCUT2D eigenvalue weighted by Crippen LogP contribution is 2.39. The monoisotopic (exact) mass is 430 g/mol. The van der Waals surface area contributed by atoms with Crippen LogP contribution in [0, 0.1) is 0 Å². The van der Waals surface area contributed by atoms with Gasteiger partial charge in [0.2, 0.25) is 0 Å². The van der Waals surface area contributed by atoms with Gasteiger partial charge in [0.25, 0.3) is 0 Å². The van der Waals surface area contributed by atoms with Gasteiger partial charge in [0.1, 0.15) is 0 Å². The lowest BCUT2D eigenvalue weighted by Gasteiger charge is -2.42. The van der Waals surface area contributed by atoms with E-state index in [2.05, 4.69) is 0 Å². The Balaban J connectivity index is 2.51. The van der Waals surface area contributed by atoms with Crippen LogP contribution >= 0.6 is 0 Å². The largest absolute Gasteiger partial charge is 0.456 e. The molecule has 170 valence electrons. The van der Waals surface area contributed by atoms with Crippen LogP contribution in [0.1, 0.15) is 84.0 Å². The number of esters is 4. The van der Waals surface area contributed by atoms with Crippen molar-refractivity contribution in [1.82, 2.24) is 0 Å². The SMILES string of the molecule is CCCCC(O)CC1(C2(O)OC(=O)CCCCC(=O)O2)OC(=O)CCCCC(=O)O1. The summed E-state index contributed by atoms with van der Waals surface area (Å²) in [5.74, 6) is -9.52. The smallest absolute Gasteiger partial charge is 0.412 e. The number of hydrogen-bond donors (Lipinski definition) is 2. The molecular formula is C20H30O10. The first-order valence-electron chi connectivity index (χ1n) is 10.5. The van der Waals surface area contributed by atoms with E-state index in [1.165, 1.54) is 0 Å². The molecule has 0 radical (unpaired) electrons. The summed E-state index contributed by atoms with van der Waals surface area (Å²) < 4.78 is 20.7. The van der Waals surface area contributed by atoms with E-state index in [9.17, 15) is 29.4 Å². The van der Waals surface area contributed by atoms with Crippen molar-refractivity contribution in [3.8, 4) is 0 Å². The number of aliphatic hydroxyl groups is 2. The van der Waals surface area contributed by atoms with Crippen LogP contribution in [0.15, 0.2) is 0 Å². The minimum absolute atomic E-state index is 0.0958. The fraction of sp³-hybridized carbons (Fsp3) is 0.800. The molecule has 2 N–H and O–H groups in total. The second-order valence-corrected chi connectivity index (χ2v) is 7.65. The van der Waals surface area contributed by atoms with Gasteiger partial charge in [0.15, 0.2) is 0 Å². The minimum Gasteiger partial charge on any atom is -0.412 e. The lowest BCUT2D eigenvalue weighted by molar-refractivity contribution is -0.446. The molecule has 0 aromatic heterocycles. The van der Waals surface area contributed by atoms with Gasteiger partial charge in [-0.05, 0) is 32.1 Å². The second-order valence-electron chi connectivity index (χ2n) is 7.65. The predicted octanol–water partition coefficient (Wildman–Crippen LogP) is 1.59. The maximum atomic E-state index is 12.4. The summed E-state index contributed by atoms with van der Waals surface area (Å²) in [6, 6.07) is 0. The fourth-order valence-electron chi connectivity index (χ4n) is 3.35. The molecule has 0 amide bonds. The van der Waals surface area contributed by atoms with Crippen LogP contribution in [0.3, 0.4) is 0 Å². The number of carbonyl (C=O) groups is 4. The molecule has 1 unspecified atom stereocenters. The molecule has 0 saturated carbocycles. The average Bonchev–Trinajstić information content (AvgIpc) is 2.77. The molecule has 2 rings (SSSR count). The summed E-state index contributed by atoms with van der Waals surface area (Å²) in [4.78, 5) is 49.2. The number of hydrogen-bond acceptors (Lipinski definition) is 10. The molecule has 0 aliphatic carbocycles. The van der Waals surface area contributed by atoms with Crippen LogP contribution in [-0.4, -0.2) is 52.0 Å². The third kappa shape index (κ3) is 6.40. The van der Waals surface area contributed by atoms with Gasteiger partial charge in [-0.15, -0.1) is 0 Å². The van der Waals surface area contributed by atoms with Crippen LogP contribution in [0.2, 0.25) is 0 Å². The quantitative estimate of drug-likeness (QED) is 0.596. The second kappa shape index (κ2) is 10.7. The van der Waals surface area contributed by atoms with Crippen LogP contribution in [0.25, 0.3) is 0 Å². The van der Waals surface area contributed by atoms with E-state index in [1.54, 1.807) is 0 Å². The summed E-state index contributed by atoms with van der Waals surface area (Å²) in [6.45, 7) is 1.90. The fourth-order valence-corrected chi connectivity index (χ4v) is 3.35. The van der Waals surface area contributed by atoms with E-state index >= 15 is 0 Å². The zero-order chi connectivity index (χ0) is 22.2. The zero-order valence-corrected chi connectivity index (χ0v) is 17.2. The van der Waals surface area contributed by atoms with Gasteiger partial charge >= 0.3 is 35.6 Å². The Bertz CT molecular complexity index is 603. The Morgan fingerprint density at radius 2 is 1.20 bits per heavy atom. The van der Waals surface area contributed by atoms with Crippen LogP contribution < -0.4 is 0 Å². The number of carbonyl (C=O) groups excluding carboxylic acids is 4. The van der Waals surface area contributed by atoms with Crippen LogP contribution in [-0.2, 0) is 38.1 Å². The lowest BCUT2D eigenvalue weighted by Crippen LogP contribution is -2.64. The Morgan fingerprint density at radius 1 is 0.800 bits per heavy atom. The lowest BCUT2D eigenvalue weighted by atomic mass is 10.0. The maximum absolute atomic E-state index is 12.4. The van der Waals surface area contributed by atoms with Gasteiger partial charge in [-0.2, -0.15) is 0 Å². The highest BCUT2D eigenvalue weighted by atomic mass is 16.9. The number of unbranched alkanes of at least 4 members (excludes halogenated alkanes) is 1. The van der Waals surface area contributed by atoms with Crippen molar-refractivity contribution >= 4 is 23.9 Å². The van der Waals surface area contributed by atoms with E-state index in [-0.39, 0.29) is 32.1 Å². The Hall–Kier alpha value is -2.20. The molecule has 10 nitrogen and oxygen atoms in total. The van der Waals surface area contributed by atoms with Gasteiger partial charge in [-0.1, -0.05) is 19.8 Å². The first kappa shape index (κ1) is 24.1. The summed E-state index contributed by atoms with van der Waals surface area (Å²) in [7, 11) is 0. The molecule has 0 aromatic rings. The van der Waals surface area contributed by atoms with Crippen molar-refractivity contribution in [2.24, 2.45) is 0 Å². The topological polar surface area (TPSA) is 146 Å². The number of cyclic esters (lactones) is 4. The third-order valence-corrected chi connectivity index (χ3v) is 4.96. The predicted molar refractivity (Wildman–Crippen MR) is 99.1 cm³/mol. The van der Waals surface area contributed by atoms with Crippen molar-refractivity contribution < 1.29 is 48.3 Å². The van der Waals surface area contributed by atoms with Gasteiger partial charge in [0, 0.05) is 25.7 Å². The standard InChI is InChI=1S/C20H30O10/c1-2-3-8-14(21)13-19(27-15(22)9-4-5-10-16(23)28-19)20(26)29-17(24)11-6-7-12-18(25)30-20/h14,21,26H,2-13H2,1H3. The molecule has 2 aliphatic heterocycles. The van der Waals surface area contributed by atoms with Crippen molar-refractivity contribution in [3.05, 3.63) is 0 Å². The van der Waals surface area contributed by atoms with E-state index in [0.29, 0.717) is 32.1 Å². The molecule has 2 aliphatic rings. The molecule has 0 aromatic carbocycles. The Labute approximate surface area is 174 Å². The first-order chi connectivity index (χ1) is 14.2. The van der Waals surface area contributed by atoms with E-state index in [1.807, 2.05) is 6.92 Å². The Morgan fingerprint density at radius 3 is 1.60 bits per heavy atom. The third-order valence-electron chi connectivity index (χ3n) is 4.96. The van der Waals surface area contributed by atoms with Crippen molar-refractivity contribution in [1.29, 1.82) is 0 Å². The Kier molecular flexibility index (Phi) is 8.60. The average molecular weight is 430 g/mol. The van der Waals surface area contributed by atoms with Crippen molar-refractivity contribution in [2.45, 2.75) is 102 Å². The highest BCUT2D eigenvalue weighted by Gasteiger charge is 2.66. The van der Waals surface area contributed by atoms with E-state index in [4.69, 9.17) is 18.9 Å². The van der Waals surface area contributed by atoms with Gasteiger partial charge in [-0.25, -0.2) is 0 Å². The molecule has 30 heavy (non-hydrogen) atoms. The van der Waals surface area contributed by atoms with Crippen LogP contribution in [0.5, 0.6) is 0 Å².